The molecule has 5 nitrogen and oxygen atoms in total. The quantitative estimate of drug-likeness (QED) is 0.315. The molecule has 0 aromatic carbocycles. The van der Waals surface area contributed by atoms with E-state index in [9.17, 15) is 4.79 Å². The van der Waals surface area contributed by atoms with Crippen LogP contribution in [0, 0.1) is 0 Å². The zero-order valence-electron chi connectivity index (χ0n) is 4.59. The van der Waals surface area contributed by atoms with Crippen molar-refractivity contribution in [3.63, 3.8) is 0 Å². The highest BCUT2D eigenvalue weighted by molar-refractivity contribution is 5.88. The first-order chi connectivity index (χ1) is 4.18. The van der Waals surface area contributed by atoms with Crippen LogP contribution in [0.3, 0.4) is 0 Å². The number of carbonyl (C=O) groups excluding carboxylic acids is 1. The van der Waals surface area contributed by atoms with Crippen molar-refractivity contribution in [2.24, 2.45) is 5.73 Å². The Morgan fingerprint density at radius 3 is 2.78 bits per heavy atom. The van der Waals surface area contributed by atoms with E-state index < -0.39 is 12.2 Å². The van der Waals surface area contributed by atoms with Gasteiger partial charge in [0.2, 0.25) is 0 Å². The predicted octanol–water partition coefficient (Wildman–Crippen LogP) is -1.65. The minimum atomic E-state index is -0.678. The van der Waals surface area contributed by atoms with Gasteiger partial charge in [0.25, 0.3) is 5.91 Å². The molecule has 0 aromatic heterocycles. The number of hydrogen-bond donors (Lipinski definition) is 4. The van der Waals surface area contributed by atoms with Gasteiger partial charge < -0.3 is 15.7 Å². The highest BCUT2D eigenvalue weighted by Crippen LogP contribution is 1.88. The predicted molar refractivity (Wildman–Crippen MR) is 30.0 cm³/mol. The van der Waals surface area contributed by atoms with Gasteiger partial charge in [-0.3, -0.25) is 10.5 Å². The fraction of sp³-hybridized carbons (Fsp3) is 0.250. The van der Waals surface area contributed by atoms with Crippen molar-refractivity contribution in [2.45, 2.75) is 6.29 Å². The van der Waals surface area contributed by atoms with Gasteiger partial charge in [-0.25, -0.2) is 0 Å². The highest BCUT2D eigenvalue weighted by atomic mass is 16.3. The number of rotatable bonds is 0. The van der Waals surface area contributed by atoms with E-state index in [4.69, 9.17) is 10.8 Å². The van der Waals surface area contributed by atoms with E-state index in [0.29, 0.717) is 0 Å². The zero-order chi connectivity index (χ0) is 6.85. The first-order valence-electron chi connectivity index (χ1n) is 2.42. The average Bonchev–Trinajstić information content (AvgIpc) is 1.59. The van der Waals surface area contributed by atoms with Gasteiger partial charge in [-0.15, -0.1) is 0 Å². The molecule has 1 unspecified atom stereocenters. The number of aliphatic hydroxyl groups excluding tert-OH is 1. The Bertz CT molecular complexity index is 165. The first-order valence-corrected chi connectivity index (χ1v) is 2.42. The molecule has 0 aromatic rings. The number of amides is 1. The van der Waals surface area contributed by atoms with Crippen LogP contribution in [-0.4, -0.2) is 17.3 Å². The Hall–Kier alpha value is -1.23. The van der Waals surface area contributed by atoms with Crippen LogP contribution in [0.1, 0.15) is 0 Å². The molecular formula is C4H7N3O2. The maximum atomic E-state index is 10.4. The second-order valence-corrected chi connectivity index (χ2v) is 1.66. The van der Waals surface area contributed by atoms with E-state index in [1.54, 1.807) is 0 Å². The number of aliphatic hydroxyl groups is 1. The minimum Gasteiger partial charge on any atom is -0.495 e. The minimum absolute atomic E-state index is 0.203. The van der Waals surface area contributed by atoms with E-state index in [1.807, 2.05) is 0 Å². The Balaban J connectivity index is 2.67. The lowest BCUT2D eigenvalue weighted by Gasteiger charge is -2.18. The zero-order valence-corrected chi connectivity index (χ0v) is 4.59. The van der Waals surface area contributed by atoms with Crippen molar-refractivity contribution in [2.75, 3.05) is 0 Å². The molecule has 1 amide bonds. The lowest BCUT2D eigenvalue weighted by molar-refractivity contribution is -0.118. The molecule has 0 bridgehead atoms. The molecule has 1 rings (SSSR count). The number of hydrogen-bond acceptors (Lipinski definition) is 4. The molecule has 9 heavy (non-hydrogen) atoms. The lowest BCUT2D eigenvalue weighted by Crippen LogP contribution is -2.54. The average molecular weight is 129 g/mol. The molecule has 0 radical (unpaired) electrons. The fourth-order valence-electron chi connectivity index (χ4n) is 0.556. The van der Waals surface area contributed by atoms with E-state index in [1.165, 1.54) is 0 Å². The number of nitrogens with two attached hydrogens (primary N) is 1. The second-order valence-electron chi connectivity index (χ2n) is 1.66. The van der Waals surface area contributed by atoms with Crippen molar-refractivity contribution < 1.29 is 9.90 Å². The van der Waals surface area contributed by atoms with Crippen LogP contribution in [0.15, 0.2) is 12.0 Å². The molecule has 1 atom stereocenters. The normalized spacial score (nSPS) is 26.1. The molecule has 0 aliphatic carbocycles. The van der Waals surface area contributed by atoms with Crippen molar-refractivity contribution in [1.82, 2.24) is 10.6 Å². The third-order valence-electron chi connectivity index (χ3n) is 0.869. The number of nitrogens with one attached hydrogen (secondary N) is 2. The summed E-state index contributed by atoms with van der Waals surface area (Å²) in [6, 6.07) is 0. The lowest BCUT2D eigenvalue weighted by atomic mass is 10.4. The molecule has 1 heterocycles. The molecule has 1 aliphatic heterocycles. The summed E-state index contributed by atoms with van der Waals surface area (Å²) in [6.45, 7) is 0. The van der Waals surface area contributed by atoms with E-state index in [-0.39, 0.29) is 5.88 Å². The maximum absolute atomic E-state index is 10.4. The molecule has 0 saturated carbocycles. The second kappa shape index (κ2) is 1.94. The summed E-state index contributed by atoms with van der Waals surface area (Å²) in [4.78, 5) is 10.4. The Morgan fingerprint density at radius 2 is 2.33 bits per heavy atom. The van der Waals surface area contributed by atoms with Crippen LogP contribution in [0.5, 0.6) is 0 Å². The van der Waals surface area contributed by atoms with Gasteiger partial charge in [0.05, 0.1) is 6.08 Å². The Kier molecular flexibility index (Phi) is 1.27. The smallest absolute Gasteiger partial charge is 0.251 e. The topological polar surface area (TPSA) is 87.4 Å². The van der Waals surface area contributed by atoms with Gasteiger partial charge in [-0.1, -0.05) is 0 Å². The largest absolute Gasteiger partial charge is 0.495 e. The van der Waals surface area contributed by atoms with Crippen molar-refractivity contribution in [1.29, 1.82) is 0 Å². The van der Waals surface area contributed by atoms with Gasteiger partial charge in [-0.2, -0.15) is 0 Å². The molecular weight excluding hydrogens is 122 g/mol. The Morgan fingerprint density at radius 1 is 1.67 bits per heavy atom. The summed E-state index contributed by atoms with van der Waals surface area (Å²) in [6.07, 6.45) is 0.339. The molecule has 0 fully saturated rings. The fourth-order valence-corrected chi connectivity index (χ4v) is 0.556. The van der Waals surface area contributed by atoms with Crippen molar-refractivity contribution >= 4 is 5.91 Å². The van der Waals surface area contributed by atoms with Crippen LogP contribution >= 0.6 is 0 Å². The molecule has 0 saturated heterocycles. The van der Waals surface area contributed by atoms with Gasteiger partial charge in [0.15, 0.2) is 12.2 Å². The number of carbonyl (C=O) groups is 1. The summed E-state index contributed by atoms with van der Waals surface area (Å²) in [5.41, 5.74) is 5.17. The van der Waals surface area contributed by atoms with Crippen LogP contribution < -0.4 is 16.4 Å². The summed E-state index contributed by atoms with van der Waals surface area (Å²) in [5.74, 6) is -0.593. The van der Waals surface area contributed by atoms with Gasteiger partial charge in [-0.05, 0) is 0 Å². The molecule has 50 valence electrons. The SMILES string of the molecule is NC1NC(=O)C=C(O)N1. The maximum Gasteiger partial charge on any atom is 0.251 e. The van der Waals surface area contributed by atoms with Gasteiger partial charge >= 0.3 is 0 Å². The Labute approximate surface area is 51.5 Å². The summed E-state index contributed by atoms with van der Waals surface area (Å²) in [7, 11) is 0. The summed E-state index contributed by atoms with van der Waals surface area (Å²) < 4.78 is 0. The highest BCUT2D eigenvalue weighted by Gasteiger charge is 2.12. The van der Waals surface area contributed by atoms with Crippen LogP contribution in [0.4, 0.5) is 0 Å². The van der Waals surface area contributed by atoms with Crippen molar-refractivity contribution in [3.05, 3.63) is 12.0 Å². The van der Waals surface area contributed by atoms with E-state index >= 15 is 0 Å². The molecule has 5 heteroatoms. The summed E-state index contributed by atoms with van der Waals surface area (Å²) >= 11 is 0. The monoisotopic (exact) mass is 129 g/mol. The van der Waals surface area contributed by atoms with Crippen molar-refractivity contribution in [3.8, 4) is 0 Å². The van der Waals surface area contributed by atoms with Crippen LogP contribution in [0.25, 0.3) is 0 Å². The van der Waals surface area contributed by atoms with Crippen LogP contribution in [0.2, 0.25) is 0 Å². The molecule has 1 aliphatic rings. The molecule has 0 spiro atoms. The molecule has 5 N–H and O–H groups in total. The van der Waals surface area contributed by atoms with Crippen LogP contribution in [-0.2, 0) is 4.79 Å². The standard InChI is InChI=1S/C4H7N3O2/c5-4-6-2(8)1-3(9)7-4/h1,4,6,8H,5H2,(H,7,9). The third-order valence-corrected chi connectivity index (χ3v) is 0.869. The van der Waals surface area contributed by atoms with Gasteiger partial charge in [0.1, 0.15) is 0 Å². The third kappa shape index (κ3) is 1.33. The first kappa shape index (κ1) is 5.90. The van der Waals surface area contributed by atoms with Gasteiger partial charge in [0, 0.05) is 0 Å². The van der Waals surface area contributed by atoms with E-state index in [0.717, 1.165) is 6.08 Å². The van der Waals surface area contributed by atoms with E-state index in [2.05, 4.69) is 10.6 Å². The summed E-state index contributed by atoms with van der Waals surface area (Å²) in [5, 5.41) is 13.3.